The molecule has 0 saturated carbocycles. The first-order chi connectivity index (χ1) is 13.7. The van der Waals surface area contributed by atoms with Crippen molar-refractivity contribution < 1.29 is 27.1 Å². The first-order valence-electron chi connectivity index (χ1n) is 8.61. The number of nitrogens with one attached hydrogen (secondary N) is 1. The van der Waals surface area contributed by atoms with Crippen molar-refractivity contribution in [2.24, 2.45) is 0 Å². The second-order valence-electron chi connectivity index (χ2n) is 6.10. The van der Waals surface area contributed by atoms with Crippen LogP contribution in [0.5, 0.6) is 0 Å². The van der Waals surface area contributed by atoms with Crippen molar-refractivity contribution in [2.75, 3.05) is 25.5 Å². The third-order valence-corrected chi connectivity index (χ3v) is 5.95. The number of nitrogens with zero attached hydrogens (tertiary/aromatic N) is 1. The molecular weight excluding hydrogens is 423 g/mol. The van der Waals surface area contributed by atoms with Crippen LogP contribution in [0.25, 0.3) is 0 Å². The molecular formula is C19H20ClFN2O5S. The van der Waals surface area contributed by atoms with Crippen molar-refractivity contribution in [2.45, 2.75) is 17.7 Å². The molecule has 0 aliphatic carbocycles. The number of amides is 1. The highest BCUT2D eigenvalue weighted by Gasteiger charge is 2.20. The first kappa shape index (κ1) is 22.8. The van der Waals surface area contributed by atoms with E-state index in [1.807, 2.05) is 0 Å². The number of rotatable bonds is 9. The molecule has 0 unspecified atom stereocenters. The normalized spacial score (nSPS) is 11.3. The predicted molar refractivity (Wildman–Crippen MR) is 106 cm³/mol. The van der Waals surface area contributed by atoms with Crippen molar-refractivity contribution in [3.8, 4) is 0 Å². The summed E-state index contributed by atoms with van der Waals surface area (Å²) < 4.78 is 43.6. The van der Waals surface area contributed by atoms with Crippen molar-refractivity contribution in [3.63, 3.8) is 0 Å². The summed E-state index contributed by atoms with van der Waals surface area (Å²) in [6.07, 6.45) is 0.138. The lowest BCUT2D eigenvalue weighted by molar-refractivity contribution is -0.147. The molecule has 2 rings (SSSR count). The van der Waals surface area contributed by atoms with Gasteiger partial charge in [-0.25, -0.2) is 17.1 Å². The topological polar surface area (TPSA) is 92.8 Å². The smallest absolute Gasteiger partial charge is 0.306 e. The minimum Gasteiger partial charge on any atom is -0.456 e. The van der Waals surface area contributed by atoms with Crippen LogP contribution in [0.4, 0.5) is 10.1 Å². The molecule has 1 N–H and O–H groups in total. The average Bonchev–Trinajstić information content (AvgIpc) is 2.66. The molecule has 156 valence electrons. The molecule has 7 nitrogen and oxygen atoms in total. The Morgan fingerprint density at radius 3 is 2.52 bits per heavy atom. The highest BCUT2D eigenvalue weighted by Crippen LogP contribution is 2.16. The average molecular weight is 443 g/mol. The summed E-state index contributed by atoms with van der Waals surface area (Å²) in [4.78, 5) is 23.5. The number of benzene rings is 2. The Balaban J connectivity index is 1.73. The summed E-state index contributed by atoms with van der Waals surface area (Å²) in [5, 5.41) is 3.00. The van der Waals surface area contributed by atoms with E-state index in [-0.39, 0.29) is 24.3 Å². The van der Waals surface area contributed by atoms with Gasteiger partial charge in [-0.05, 0) is 48.9 Å². The number of hydrogen-bond acceptors (Lipinski definition) is 5. The number of esters is 1. The zero-order valence-corrected chi connectivity index (χ0v) is 17.2. The van der Waals surface area contributed by atoms with E-state index >= 15 is 0 Å². The quantitative estimate of drug-likeness (QED) is 0.602. The lowest BCUT2D eigenvalue weighted by Gasteiger charge is -2.17. The largest absolute Gasteiger partial charge is 0.456 e. The Hall–Kier alpha value is -2.49. The monoisotopic (exact) mass is 442 g/mol. The standard InChI is InChI=1S/C19H20ClFN2O5S/c1-23(29(26,27)17-9-7-15(21)8-10-17)11-3-6-19(25)28-13-18(24)22-16-5-2-4-14(20)12-16/h2,4-5,7-10,12H,3,6,11,13H2,1H3,(H,22,24). The molecule has 0 aliphatic heterocycles. The fraction of sp³-hybridized carbons (Fsp3) is 0.263. The molecule has 29 heavy (non-hydrogen) atoms. The third-order valence-electron chi connectivity index (χ3n) is 3.85. The minimum atomic E-state index is -3.78. The molecule has 0 radical (unpaired) electrons. The van der Waals surface area contributed by atoms with Crippen LogP contribution < -0.4 is 5.32 Å². The fourth-order valence-electron chi connectivity index (χ4n) is 2.33. The lowest BCUT2D eigenvalue weighted by atomic mass is 10.3. The lowest BCUT2D eigenvalue weighted by Crippen LogP contribution is -2.28. The molecule has 2 aromatic rings. The second-order valence-corrected chi connectivity index (χ2v) is 8.58. The summed E-state index contributed by atoms with van der Waals surface area (Å²) >= 11 is 5.82. The molecule has 0 atom stereocenters. The van der Waals surface area contributed by atoms with Crippen molar-refractivity contribution in [1.29, 1.82) is 0 Å². The van der Waals surface area contributed by atoms with Crippen LogP contribution in [-0.2, 0) is 24.3 Å². The number of sulfonamides is 1. The highest BCUT2D eigenvalue weighted by atomic mass is 35.5. The van der Waals surface area contributed by atoms with E-state index < -0.39 is 34.3 Å². The first-order valence-corrected chi connectivity index (χ1v) is 10.4. The fourth-order valence-corrected chi connectivity index (χ4v) is 3.73. The van der Waals surface area contributed by atoms with Crippen LogP contribution >= 0.6 is 11.6 Å². The van der Waals surface area contributed by atoms with E-state index in [4.69, 9.17) is 16.3 Å². The Morgan fingerprint density at radius 2 is 1.86 bits per heavy atom. The summed E-state index contributed by atoms with van der Waals surface area (Å²) in [5.41, 5.74) is 0.478. The number of carbonyl (C=O) groups is 2. The van der Waals surface area contributed by atoms with Crippen molar-refractivity contribution in [3.05, 3.63) is 59.4 Å². The van der Waals surface area contributed by atoms with Gasteiger partial charge in [0.05, 0.1) is 4.90 Å². The van der Waals surface area contributed by atoms with E-state index in [9.17, 15) is 22.4 Å². The van der Waals surface area contributed by atoms with Gasteiger partial charge in [0.1, 0.15) is 5.82 Å². The molecule has 0 saturated heterocycles. The number of anilines is 1. The number of ether oxygens (including phenoxy) is 1. The van der Waals surface area contributed by atoms with Crippen molar-refractivity contribution >= 4 is 39.2 Å². The maximum atomic E-state index is 12.9. The molecule has 0 bridgehead atoms. The summed E-state index contributed by atoms with van der Waals surface area (Å²) in [6.45, 7) is -0.404. The Kier molecular flexibility index (Phi) is 8.12. The highest BCUT2D eigenvalue weighted by molar-refractivity contribution is 7.89. The van der Waals surface area contributed by atoms with Gasteiger partial charge in [-0.2, -0.15) is 0 Å². The molecule has 1 amide bonds. The molecule has 0 spiro atoms. The van der Waals surface area contributed by atoms with Crippen molar-refractivity contribution in [1.82, 2.24) is 4.31 Å². The van der Waals surface area contributed by atoms with Gasteiger partial charge < -0.3 is 10.1 Å². The molecule has 10 heteroatoms. The maximum absolute atomic E-state index is 12.9. The van der Waals surface area contributed by atoms with Crippen LogP contribution in [-0.4, -0.2) is 44.8 Å². The molecule has 2 aromatic carbocycles. The SMILES string of the molecule is CN(CCCC(=O)OCC(=O)Nc1cccc(Cl)c1)S(=O)(=O)c1ccc(F)cc1. The van der Waals surface area contributed by atoms with Gasteiger partial charge in [0, 0.05) is 30.7 Å². The van der Waals surface area contributed by atoms with Gasteiger partial charge in [0.15, 0.2) is 6.61 Å². The number of halogens is 2. The Labute approximate surface area is 173 Å². The minimum absolute atomic E-state index is 0.0401. The zero-order valence-electron chi connectivity index (χ0n) is 15.6. The number of carbonyl (C=O) groups excluding carboxylic acids is 2. The van der Waals surface area contributed by atoms with Gasteiger partial charge in [-0.1, -0.05) is 17.7 Å². The summed E-state index contributed by atoms with van der Waals surface area (Å²) in [5.74, 6) is -1.68. The van der Waals surface area contributed by atoms with Gasteiger partial charge >= 0.3 is 5.97 Å². The van der Waals surface area contributed by atoms with Gasteiger partial charge in [-0.3, -0.25) is 9.59 Å². The molecule has 0 aliphatic rings. The summed E-state index contributed by atoms with van der Waals surface area (Å²) in [6, 6.07) is 11.0. The third kappa shape index (κ3) is 7.12. The van der Waals surface area contributed by atoms with E-state index in [1.165, 1.54) is 19.2 Å². The van der Waals surface area contributed by atoms with Gasteiger partial charge in [0.25, 0.3) is 5.91 Å². The van der Waals surface area contributed by atoms with Gasteiger partial charge in [0.2, 0.25) is 10.0 Å². The predicted octanol–water partition coefficient (Wildman–Crippen LogP) is 3.06. The summed E-state index contributed by atoms with van der Waals surface area (Å²) in [7, 11) is -2.41. The maximum Gasteiger partial charge on any atom is 0.306 e. The van der Waals surface area contributed by atoms with Crippen LogP contribution in [0.15, 0.2) is 53.4 Å². The van der Waals surface area contributed by atoms with Crippen LogP contribution in [0.1, 0.15) is 12.8 Å². The van der Waals surface area contributed by atoms with E-state index in [1.54, 1.807) is 24.3 Å². The van der Waals surface area contributed by atoms with Crippen LogP contribution in [0.3, 0.4) is 0 Å². The van der Waals surface area contributed by atoms with Gasteiger partial charge in [-0.15, -0.1) is 0 Å². The van der Waals surface area contributed by atoms with Crippen LogP contribution in [0, 0.1) is 5.82 Å². The van der Waals surface area contributed by atoms with E-state index in [0.29, 0.717) is 10.7 Å². The molecule has 0 aromatic heterocycles. The Morgan fingerprint density at radius 1 is 1.17 bits per heavy atom. The molecule has 0 heterocycles. The Bertz CT molecular complexity index is 967. The van der Waals surface area contributed by atoms with Crippen LogP contribution in [0.2, 0.25) is 5.02 Å². The van der Waals surface area contributed by atoms with E-state index in [0.717, 1.165) is 16.4 Å². The van der Waals surface area contributed by atoms with E-state index in [2.05, 4.69) is 5.32 Å². The number of hydrogen-bond donors (Lipinski definition) is 1. The zero-order chi connectivity index (χ0) is 21.4. The molecule has 0 fully saturated rings. The second kappa shape index (κ2) is 10.3.